The normalized spacial score (nSPS) is 21.5. The van der Waals surface area contributed by atoms with E-state index in [-0.39, 0.29) is 18.1 Å². The predicted molar refractivity (Wildman–Crippen MR) is 88.2 cm³/mol. The van der Waals surface area contributed by atoms with Crippen molar-refractivity contribution in [1.29, 1.82) is 0 Å². The molecule has 1 amide bonds. The van der Waals surface area contributed by atoms with Crippen molar-refractivity contribution in [2.75, 3.05) is 47.5 Å². The van der Waals surface area contributed by atoms with Crippen LogP contribution >= 0.6 is 0 Å². The monoisotopic (exact) mass is 321 g/mol. The van der Waals surface area contributed by atoms with Gasteiger partial charge in [-0.2, -0.15) is 0 Å². The Labute approximate surface area is 138 Å². The van der Waals surface area contributed by atoms with Gasteiger partial charge in [0.25, 0.3) is 0 Å². The first kappa shape index (κ1) is 17.8. The molecule has 1 aliphatic heterocycles. The number of rotatable bonds is 8. The first-order valence-electron chi connectivity index (χ1n) is 8.05. The standard InChI is InChI=1S/C17H27N3O3/c1-19(2)17(21)13-20-8-6-16(23-10-9-22-3)15(20)11-14-5-4-7-18-12-14/h4-5,7,12,15-16H,6,8-11,13H2,1-3H3/t15-,16-/m1/s1. The van der Waals surface area contributed by atoms with Crippen molar-refractivity contribution in [2.24, 2.45) is 0 Å². The van der Waals surface area contributed by atoms with Gasteiger partial charge in [-0.25, -0.2) is 0 Å². The van der Waals surface area contributed by atoms with Crippen molar-refractivity contribution >= 4 is 5.91 Å². The van der Waals surface area contributed by atoms with Crippen LogP contribution < -0.4 is 0 Å². The first-order chi connectivity index (χ1) is 11.1. The maximum Gasteiger partial charge on any atom is 0.236 e. The first-order valence-corrected chi connectivity index (χ1v) is 8.05. The number of hydrogen-bond acceptors (Lipinski definition) is 5. The van der Waals surface area contributed by atoms with Crippen LogP contribution in [-0.2, 0) is 20.7 Å². The van der Waals surface area contributed by atoms with Gasteiger partial charge in [-0.05, 0) is 24.5 Å². The summed E-state index contributed by atoms with van der Waals surface area (Å²) in [6.07, 6.45) is 5.57. The van der Waals surface area contributed by atoms with Crippen LogP contribution in [0.1, 0.15) is 12.0 Å². The van der Waals surface area contributed by atoms with E-state index in [2.05, 4.69) is 16.0 Å². The molecule has 0 aromatic carbocycles. The summed E-state index contributed by atoms with van der Waals surface area (Å²) in [7, 11) is 5.26. The summed E-state index contributed by atoms with van der Waals surface area (Å²) >= 11 is 0. The van der Waals surface area contributed by atoms with Gasteiger partial charge in [0.15, 0.2) is 0 Å². The highest BCUT2D eigenvalue weighted by molar-refractivity contribution is 5.77. The SMILES string of the molecule is COCCO[C@@H]1CCN(CC(=O)N(C)C)[C@@H]1Cc1cccnc1. The van der Waals surface area contributed by atoms with Crippen molar-refractivity contribution in [3.63, 3.8) is 0 Å². The Kier molecular flexibility index (Phi) is 6.95. The molecule has 1 aromatic heterocycles. The zero-order valence-corrected chi connectivity index (χ0v) is 14.3. The van der Waals surface area contributed by atoms with Gasteiger partial charge in [0, 0.05) is 46.2 Å². The van der Waals surface area contributed by atoms with E-state index in [0.29, 0.717) is 19.8 Å². The summed E-state index contributed by atoms with van der Waals surface area (Å²) < 4.78 is 11.1. The molecule has 6 heteroatoms. The average molecular weight is 321 g/mol. The van der Waals surface area contributed by atoms with Crippen molar-refractivity contribution in [1.82, 2.24) is 14.8 Å². The van der Waals surface area contributed by atoms with E-state index < -0.39 is 0 Å². The Bertz CT molecular complexity index is 481. The third kappa shape index (κ3) is 5.27. The number of hydrogen-bond donors (Lipinski definition) is 0. The molecule has 0 spiro atoms. The smallest absolute Gasteiger partial charge is 0.236 e. The molecule has 1 fully saturated rings. The van der Waals surface area contributed by atoms with Crippen molar-refractivity contribution < 1.29 is 14.3 Å². The Morgan fingerprint density at radius 3 is 2.91 bits per heavy atom. The summed E-state index contributed by atoms with van der Waals surface area (Å²) in [5.74, 6) is 0.124. The zero-order valence-electron chi connectivity index (χ0n) is 14.3. The molecule has 0 aliphatic carbocycles. The van der Waals surface area contributed by atoms with E-state index >= 15 is 0 Å². The van der Waals surface area contributed by atoms with Gasteiger partial charge in [0.1, 0.15) is 0 Å². The largest absolute Gasteiger partial charge is 0.382 e. The number of amides is 1. The molecule has 6 nitrogen and oxygen atoms in total. The summed E-state index contributed by atoms with van der Waals surface area (Å²) in [6.45, 7) is 2.48. The lowest BCUT2D eigenvalue weighted by Gasteiger charge is -2.28. The molecule has 0 radical (unpaired) electrons. The number of carbonyl (C=O) groups is 1. The van der Waals surface area contributed by atoms with Crippen molar-refractivity contribution in [3.8, 4) is 0 Å². The lowest BCUT2D eigenvalue weighted by molar-refractivity contribution is -0.130. The summed E-state index contributed by atoms with van der Waals surface area (Å²) in [5.41, 5.74) is 1.17. The number of ether oxygens (including phenoxy) is 2. The molecule has 2 rings (SSSR count). The van der Waals surface area contributed by atoms with Gasteiger partial charge in [0.2, 0.25) is 5.91 Å². The molecule has 0 N–H and O–H groups in total. The summed E-state index contributed by atoms with van der Waals surface area (Å²) in [6, 6.07) is 4.21. The Hall–Kier alpha value is -1.50. The number of likely N-dealkylation sites (tertiary alicyclic amines) is 1. The van der Waals surface area contributed by atoms with E-state index in [4.69, 9.17) is 9.47 Å². The van der Waals surface area contributed by atoms with Crippen LogP contribution in [0.3, 0.4) is 0 Å². The topological polar surface area (TPSA) is 54.9 Å². The van der Waals surface area contributed by atoms with Gasteiger partial charge in [-0.1, -0.05) is 6.07 Å². The van der Waals surface area contributed by atoms with E-state index in [1.54, 1.807) is 32.3 Å². The molecule has 0 saturated carbocycles. The van der Waals surface area contributed by atoms with Gasteiger partial charge in [0.05, 0.1) is 25.9 Å². The second-order valence-corrected chi connectivity index (χ2v) is 6.08. The van der Waals surface area contributed by atoms with Gasteiger partial charge in [-0.3, -0.25) is 14.7 Å². The molecule has 0 bridgehead atoms. The Morgan fingerprint density at radius 1 is 1.43 bits per heavy atom. The van der Waals surface area contributed by atoms with E-state index in [0.717, 1.165) is 19.4 Å². The molecular weight excluding hydrogens is 294 g/mol. The molecule has 1 aliphatic rings. The maximum atomic E-state index is 12.1. The maximum absolute atomic E-state index is 12.1. The second-order valence-electron chi connectivity index (χ2n) is 6.08. The molecule has 128 valence electrons. The van der Waals surface area contributed by atoms with Gasteiger partial charge in [-0.15, -0.1) is 0 Å². The fourth-order valence-corrected chi connectivity index (χ4v) is 2.90. The Balaban J connectivity index is 2.03. The third-order valence-corrected chi connectivity index (χ3v) is 4.22. The number of nitrogens with zero attached hydrogens (tertiary/aromatic N) is 3. The number of methoxy groups -OCH3 is 1. The van der Waals surface area contributed by atoms with Crippen LogP contribution in [0.25, 0.3) is 0 Å². The minimum Gasteiger partial charge on any atom is -0.382 e. The van der Waals surface area contributed by atoms with Crippen LogP contribution in [0.4, 0.5) is 0 Å². The predicted octanol–water partition coefficient (Wildman–Crippen LogP) is 0.818. The zero-order chi connectivity index (χ0) is 16.7. The van der Waals surface area contributed by atoms with E-state index in [1.165, 1.54) is 5.56 Å². The van der Waals surface area contributed by atoms with Crippen LogP contribution in [0, 0.1) is 0 Å². The Morgan fingerprint density at radius 2 is 2.26 bits per heavy atom. The third-order valence-electron chi connectivity index (χ3n) is 4.22. The van der Waals surface area contributed by atoms with Crippen LogP contribution in [0.2, 0.25) is 0 Å². The van der Waals surface area contributed by atoms with Crippen LogP contribution in [-0.4, -0.2) is 80.3 Å². The molecular formula is C17H27N3O3. The average Bonchev–Trinajstić information content (AvgIpc) is 2.91. The summed E-state index contributed by atoms with van der Waals surface area (Å²) in [4.78, 5) is 20.1. The molecule has 2 atom stereocenters. The lowest BCUT2D eigenvalue weighted by atomic mass is 10.0. The van der Waals surface area contributed by atoms with E-state index in [9.17, 15) is 4.79 Å². The fourth-order valence-electron chi connectivity index (χ4n) is 2.90. The highest BCUT2D eigenvalue weighted by atomic mass is 16.5. The number of aromatic nitrogens is 1. The van der Waals surface area contributed by atoms with Crippen LogP contribution in [0.5, 0.6) is 0 Å². The van der Waals surface area contributed by atoms with E-state index in [1.807, 2.05) is 12.3 Å². The van der Waals surface area contributed by atoms with Gasteiger partial charge >= 0.3 is 0 Å². The molecule has 1 aromatic rings. The molecule has 2 heterocycles. The number of carbonyl (C=O) groups excluding carboxylic acids is 1. The highest BCUT2D eigenvalue weighted by Crippen LogP contribution is 2.24. The number of pyridine rings is 1. The van der Waals surface area contributed by atoms with Gasteiger partial charge < -0.3 is 14.4 Å². The minimum absolute atomic E-state index is 0.124. The molecule has 1 saturated heterocycles. The van der Waals surface area contributed by atoms with Crippen LogP contribution in [0.15, 0.2) is 24.5 Å². The highest BCUT2D eigenvalue weighted by Gasteiger charge is 2.36. The van der Waals surface area contributed by atoms with Crippen molar-refractivity contribution in [3.05, 3.63) is 30.1 Å². The number of likely N-dealkylation sites (N-methyl/N-ethyl adjacent to an activating group) is 1. The fraction of sp³-hybridized carbons (Fsp3) is 0.647. The second kappa shape index (κ2) is 8.96. The lowest BCUT2D eigenvalue weighted by Crippen LogP contribution is -2.43. The van der Waals surface area contributed by atoms with Crippen molar-refractivity contribution in [2.45, 2.75) is 25.0 Å². The molecule has 0 unspecified atom stereocenters. The summed E-state index contributed by atoms with van der Waals surface area (Å²) in [5, 5.41) is 0. The molecule has 23 heavy (non-hydrogen) atoms. The minimum atomic E-state index is 0.124. The quantitative estimate of drug-likeness (QED) is 0.664.